The maximum atomic E-state index is 10.7. The molecule has 2 atom stereocenters. The fraction of sp³-hybridized carbons (Fsp3) is 0.538. The molecule has 0 aliphatic heterocycles. The zero-order chi connectivity index (χ0) is 13.1. The predicted octanol–water partition coefficient (Wildman–Crippen LogP) is 3.60. The lowest BCUT2D eigenvalue weighted by Crippen LogP contribution is -2.26. The second-order valence-electron chi connectivity index (χ2n) is 4.71. The Morgan fingerprint density at radius 2 is 2.22 bits per heavy atom. The van der Waals surface area contributed by atoms with Crippen molar-refractivity contribution < 1.29 is 4.92 Å². The number of rotatable bonds is 4. The molecule has 2 unspecified atom stereocenters. The van der Waals surface area contributed by atoms with Gasteiger partial charge in [0.25, 0.3) is 5.69 Å². The Kier molecular flexibility index (Phi) is 4.11. The number of benzene rings is 1. The van der Waals surface area contributed by atoms with Crippen LogP contribution in [0.1, 0.15) is 24.8 Å². The topological polar surface area (TPSA) is 55.2 Å². The van der Waals surface area contributed by atoms with Gasteiger partial charge in [0.2, 0.25) is 0 Å². The van der Waals surface area contributed by atoms with Crippen LogP contribution in [0, 0.1) is 17.0 Å². The summed E-state index contributed by atoms with van der Waals surface area (Å²) in [5.74, 6) is 0. The van der Waals surface area contributed by atoms with Gasteiger partial charge in [-0.1, -0.05) is 6.42 Å². The first-order valence-corrected chi connectivity index (χ1v) is 7.45. The van der Waals surface area contributed by atoms with Crippen molar-refractivity contribution in [3.63, 3.8) is 0 Å². The molecule has 18 heavy (non-hydrogen) atoms. The van der Waals surface area contributed by atoms with Crippen molar-refractivity contribution in [2.24, 2.45) is 0 Å². The first kappa shape index (κ1) is 13.2. The summed E-state index contributed by atoms with van der Waals surface area (Å²) in [4.78, 5) is 10.3. The highest BCUT2D eigenvalue weighted by Gasteiger charge is 2.26. The lowest BCUT2D eigenvalue weighted by molar-refractivity contribution is -0.384. The van der Waals surface area contributed by atoms with Crippen LogP contribution in [0.5, 0.6) is 0 Å². The summed E-state index contributed by atoms with van der Waals surface area (Å²) in [6.45, 7) is 1.92. The molecule has 1 saturated carbocycles. The number of nitrogens with zero attached hydrogens (tertiary/aromatic N) is 1. The fourth-order valence-electron chi connectivity index (χ4n) is 2.50. The molecule has 1 aromatic carbocycles. The molecule has 1 aliphatic rings. The summed E-state index contributed by atoms with van der Waals surface area (Å²) in [5.41, 5.74) is 2.12. The van der Waals surface area contributed by atoms with Gasteiger partial charge >= 0.3 is 0 Å². The molecule has 98 valence electrons. The van der Waals surface area contributed by atoms with Gasteiger partial charge in [0.15, 0.2) is 0 Å². The fourth-order valence-corrected chi connectivity index (χ4v) is 3.43. The Labute approximate surface area is 111 Å². The van der Waals surface area contributed by atoms with Crippen LogP contribution in [0.25, 0.3) is 0 Å². The molecule has 0 amide bonds. The average Bonchev–Trinajstić information content (AvgIpc) is 2.78. The number of nitro groups is 1. The van der Waals surface area contributed by atoms with Gasteiger partial charge in [0.05, 0.1) is 4.92 Å². The van der Waals surface area contributed by atoms with E-state index in [9.17, 15) is 10.1 Å². The molecule has 4 nitrogen and oxygen atoms in total. The van der Waals surface area contributed by atoms with Crippen LogP contribution in [-0.4, -0.2) is 22.5 Å². The van der Waals surface area contributed by atoms with Gasteiger partial charge in [-0.15, -0.1) is 0 Å². The minimum absolute atomic E-state index is 0.158. The molecule has 0 heterocycles. The van der Waals surface area contributed by atoms with Crippen LogP contribution in [0.2, 0.25) is 0 Å². The molecule has 0 aromatic heterocycles. The van der Waals surface area contributed by atoms with Gasteiger partial charge in [0, 0.05) is 29.1 Å². The van der Waals surface area contributed by atoms with Crippen LogP contribution in [0.15, 0.2) is 18.2 Å². The lowest BCUT2D eigenvalue weighted by atomic mass is 10.1. The molecule has 0 bridgehead atoms. The van der Waals surface area contributed by atoms with E-state index in [2.05, 4.69) is 11.6 Å². The molecule has 5 heteroatoms. The van der Waals surface area contributed by atoms with Gasteiger partial charge < -0.3 is 5.32 Å². The molecule has 0 radical (unpaired) electrons. The largest absolute Gasteiger partial charge is 0.381 e. The Bertz CT molecular complexity index is 451. The quantitative estimate of drug-likeness (QED) is 0.668. The third-order valence-corrected chi connectivity index (χ3v) is 4.69. The monoisotopic (exact) mass is 266 g/mol. The van der Waals surface area contributed by atoms with Gasteiger partial charge in [-0.25, -0.2) is 0 Å². The Morgan fingerprint density at radius 1 is 1.44 bits per heavy atom. The molecule has 0 spiro atoms. The molecule has 1 aromatic rings. The van der Waals surface area contributed by atoms with Crippen LogP contribution >= 0.6 is 11.8 Å². The SMILES string of the molecule is CSC1CCCC1Nc1ccc([N+](=O)[O-])cc1C. The van der Waals surface area contributed by atoms with E-state index in [1.165, 1.54) is 19.3 Å². The van der Waals surface area contributed by atoms with Crippen molar-refractivity contribution in [3.05, 3.63) is 33.9 Å². The van der Waals surface area contributed by atoms with Crippen LogP contribution in [0.3, 0.4) is 0 Å². The third kappa shape index (κ3) is 2.77. The van der Waals surface area contributed by atoms with E-state index in [0.717, 1.165) is 11.3 Å². The van der Waals surface area contributed by atoms with Crippen LogP contribution < -0.4 is 5.32 Å². The highest BCUT2D eigenvalue weighted by Crippen LogP contribution is 2.32. The predicted molar refractivity (Wildman–Crippen MR) is 76.4 cm³/mol. The summed E-state index contributed by atoms with van der Waals surface area (Å²) >= 11 is 1.90. The number of aryl methyl sites for hydroxylation is 1. The second-order valence-corrected chi connectivity index (χ2v) is 5.79. The number of anilines is 1. The standard InChI is InChI=1S/C13H18N2O2S/c1-9-8-10(15(16)17)6-7-11(9)14-12-4-3-5-13(12)18-2/h6-8,12-14H,3-5H2,1-2H3. The number of nitrogens with one attached hydrogen (secondary N) is 1. The normalized spacial score (nSPS) is 23.0. The highest BCUT2D eigenvalue weighted by atomic mass is 32.2. The van der Waals surface area contributed by atoms with E-state index in [1.807, 2.05) is 24.8 Å². The van der Waals surface area contributed by atoms with E-state index in [-0.39, 0.29) is 10.6 Å². The molecule has 2 rings (SSSR count). The van der Waals surface area contributed by atoms with E-state index in [4.69, 9.17) is 0 Å². The van der Waals surface area contributed by atoms with Gasteiger partial charge in [-0.3, -0.25) is 10.1 Å². The Morgan fingerprint density at radius 3 is 2.83 bits per heavy atom. The van der Waals surface area contributed by atoms with Gasteiger partial charge in [-0.2, -0.15) is 11.8 Å². The first-order valence-electron chi connectivity index (χ1n) is 6.16. The van der Waals surface area contributed by atoms with Crippen LogP contribution in [0.4, 0.5) is 11.4 Å². The summed E-state index contributed by atoms with van der Waals surface area (Å²) < 4.78 is 0. The van der Waals surface area contributed by atoms with E-state index < -0.39 is 0 Å². The molecule has 1 N–H and O–H groups in total. The molecular weight excluding hydrogens is 248 g/mol. The van der Waals surface area contributed by atoms with E-state index >= 15 is 0 Å². The molecular formula is C13H18N2O2S. The van der Waals surface area contributed by atoms with Crippen molar-refractivity contribution in [1.29, 1.82) is 0 Å². The molecule has 0 saturated heterocycles. The number of hydrogen-bond acceptors (Lipinski definition) is 4. The lowest BCUT2D eigenvalue weighted by Gasteiger charge is -2.21. The number of thioether (sulfide) groups is 1. The zero-order valence-corrected chi connectivity index (χ0v) is 11.5. The van der Waals surface area contributed by atoms with Gasteiger partial charge in [0.1, 0.15) is 0 Å². The van der Waals surface area contributed by atoms with Gasteiger partial charge in [-0.05, 0) is 37.7 Å². The number of non-ortho nitro benzene ring substituents is 1. The van der Waals surface area contributed by atoms with E-state index in [1.54, 1.807) is 12.1 Å². The zero-order valence-electron chi connectivity index (χ0n) is 10.7. The highest BCUT2D eigenvalue weighted by molar-refractivity contribution is 7.99. The second kappa shape index (κ2) is 5.61. The summed E-state index contributed by atoms with van der Waals surface area (Å²) in [6.07, 6.45) is 5.84. The Hall–Kier alpha value is -1.23. The number of hydrogen-bond donors (Lipinski definition) is 1. The minimum atomic E-state index is -0.350. The van der Waals surface area contributed by atoms with E-state index in [0.29, 0.717) is 11.3 Å². The van der Waals surface area contributed by atoms with Crippen molar-refractivity contribution in [2.75, 3.05) is 11.6 Å². The summed E-state index contributed by atoms with van der Waals surface area (Å²) in [7, 11) is 0. The summed E-state index contributed by atoms with van der Waals surface area (Å²) in [5, 5.41) is 14.9. The first-order chi connectivity index (χ1) is 8.61. The van der Waals surface area contributed by atoms with Crippen molar-refractivity contribution >= 4 is 23.1 Å². The maximum Gasteiger partial charge on any atom is 0.269 e. The molecule has 1 aliphatic carbocycles. The van der Waals surface area contributed by atoms with Crippen molar-refractivity contribution in [3.8, 4) is 0 Å². The molecule has 1 fully saturated rings. The Balaban J connectivity index is 2.12. The minimum Gasteiger partial charge on any atom is -0.381 e. The maximum absolute atomic E-state index is 10.7. The average molecular weight is 266 g/mol. The third-order valence-electron chi connectivity index (χ3n) is 3.52. The number of nitro benzene ring substituents is 1. The van der Waals surface area contributed by atoms with Crippen molar-refractivity contribution in [2.45, 2.75) is 37.5 Å². The summed E-state index contributed by atoms with van der Waals surface area (Å²) in [6, 6.07) is 5.51. The smallest absolute Gasteiger partial charge is 0.269 e. The van der Waals surface area contributed by atoms with Crippen LogP contribution in [-0.2, 0) is 0 Å². The van der Waals surface area contributed by atoms with Crippen molar-refractivity contribution in [1.82, 2.24) is 0 Å².